The molecule has 0 saturated carbocycles. The van der Waals surface area contributed by atoms with Gasteiger partial charge in [0.25, 0.3) is 0 Å². The minimum absolute atomic E-state index is 0. The number of rotatable bonds is 4. The second-order valence-electron chi connectivity index (χ2n) is 4.86. The zero-order valence-corrected chi connectivity index (χ0v) is 14.8. The first-order chi connectivity index (χ1) is 9.15. The summed E-state index contributed by atoms with van der Waals surface area (Å²) in [7, 11) is 1.88. The van der Waals surface area contributed by atoms with Crippen LogP contribution >= 0.6 is 39.7 Å². The Balaban J connectivity index is 0.00000200. The first kappa shape index (κ1) is 17.9. The van der Waals surface area contributed by atoms with Crippen LogP contribution in [0.1, 0.15) is 11.3 Å². The fourth-order valence-corrected chi connectivity index (χ4v) is 3.63. The Hall–Kier alpha value is -0.140. The lowest BCUT2D eigenvalue weighted by Crippen LogP contribution is -2.39. The molecule has 2 rings (SSSR count). The Morgan fingerprint density at radius 3 is 3.00 bits per heavy atom. The van der Waals surface area contributed by atoms with E-state index >= 15 is 0 Å². The standard InChI is InChI=1S/C13H20BrN3OS.ClH/c1-16(8-12-7-11(14)10-19-12)13(18)9-17-5-2-3-15-4-6-17;/h7,10,15H,2-6,8-9H2,1H3;1H. The van der Waals surface area contributed by atoms with Gasteiger partial charge in [0.2, 0.25) is 5.91 Å². The third-order valence-corrected chi connectivity index (χ3v) is 4.91. The molecule has 1 aromatic heterocycles. The van der Waals surface area contributed by atoms with Crippen LogP contribution in [0.15, 0.2) is 15.9 Å². The number of amides is 1. The zero-order valence-electron chi connectivity index (χ0n) is 11.6. The second kappa shape index (κ2) is 9.00. The average Bonchev–Trinajstić information content (AvgIpc) is 2.64. The van der Waals surface area contributed by atoms with Gasteiger partial charge < -0.3 is 10.2 Å². The van der Waals surface area contributed by atoms with Crippen LogP contribution in [-0.2, 0) is 11.3 Å². The highest BCUT2D eigenvalue weighted by molar-refractivity contribution is 9.10. The number of carbonyl (C=O) groups excluding carboxylic acids is 1. The SMILES string of the molecule is CN(Cc1cc(Br)cs1)C(=O)CN1CCCNCC1.Cl. The number of halogens is 2. The number of carbonyl (C=O) groups is 1. The van der Waals surface area contributed by atoms with E-state index < -0.39 is 0 Å². The summed E-state index contributed by atoms with van der Waals surface area (Å²) in [6.07, 6.45) is 1.12. The summed E-state index contributed by atoms with van der Waals surface area (Å²) < 4.78 is 1.09. The van der Waals surface area contributed by atoms with E-state index in [4.69, 9.17) is 0 Å². The van der Waals surface area contributed by atoms with Gasteiger partial charge in [0.15, 0.2) is 0 Å². The van der Waals surface area contributed by atoms with Gasteiger partial charge in [-0.2, -0.15) is 0 Å². The van der Waals surface area contributed by atoms with E-state index in [0.29, 0.717) is 13.1 Å². The monoisotopic (exact) mass is 381 g/mol. The topological polar surface area (TPSA) is 35.6 Å². The quantitative estimate of drug-likeness (QED) is 0.867. The summed E-state index contributed by atoms with van der Waals surface area (Å²) in [5.41, 5.74) is 0. The molecule has 0 aliphatic carbocycles. The van der Waals surface area contributed by atoms with Crippen molar-refractivity contribution in [2.45, 2.75) is 13.0 Å². The van der Waals surface area contributed by atoms with Crippen molar-refractivity contribution >= 4 is 45.6 Å². The minimum Gasteiger partial charge on any atom is -0.340 e. The molecular formula is C13H21BrClN3OS. The maximum Gasteiger partial charge on any atom is 0.236 e. The average molecular weight is 383 g/mol. The lowest BCUT2D eigenvalue weighted by atomic mass is 10.3. The molecular weight excluding hydrogens is 362 g/mol. The molecule has 1 N–H and O–H groups in total. The molecule has 0 aromatic carbocycles. The van der Waals surface area contributed by atoms with E-state index in [2.05, 4.69) is 32.2 Å². The van der Waals surface area contributed by atoms with Crippen LogP contribution in [0.2, 0.25) is 0 Å². The van der Waals surface area contributed by atoms with E-state index in [-0.39, 0.29) is 18.3 Å². The third-order valence-electron chi connectivity index (χ3n) is 3.23. The third kappa shape index (κ3) is 5.69. The van der Waals surface area contributed by atoms with Crippen molar-refractivity contribution < 1.29 is 4.79 Å². The van der Waals surface area contributed by atoms with Gasteiger partial charge in [-0.05, 0) is 41.5 Å². The summed E-state index contributed by atoms with van der Waals surface area (Å²) in [5.74, 6) is 0.200. The van der Waals surface area contributed by atoms with Crippen molar-refractivity contribution in [1.82, 2.24) is 15.1 Å². The van der Waals surface area contributed by atoms with Gasteiger partial charge >= 0.3 is 0 Å². The van der Waals surface area contributed by atoms with Crippen LogP contribution in [-0.4, -0.2) is 55.5 Å². The Morgan fingerprint density at radius 1 is 1.50 bits per heavy atom. The molecule has 1 aliphatic rings. The highest BCUT2D eigenvalue weighted by atomic mass is 79.9. The van der Waals surface area contributed by atoms with E-state index in [1.807, 2.05) is 17.3 Å². The van der Waals surface area contributed by atoms with Crippen LogP contribution < -0.4 is 5.32 Å². The molecule has 1 saturated heterocycles. The first-order valence-corrected chi connectivity index (χ1v) is 8.22. The van der Waals surface area contributed by atoms with E-state index in [1.54, 1.807) is 11.3 Å². The summed E-state index contributed by atoms with van der Waals surface area (Å²) in [6.45, 7) is 5.24. The maximum atomic E-state index is 12.2. The van der Waals surface area contributed by atoms with Crippen LogP contribution in [0, 0.1) is 0 Å². The highest BCUT2D eigenvalue weighted by Crippen LogP contribution is 2.20. The predicted molar refractivity (Wildman–Crippen MR) is 89.7 cm³/mol. The second-order valence-corrected chi connectivity index (χ2v) is 6.77. The van der Waals surface area contributed by atoms with Crippen molar-refractivity contribution in [2.24, 2.45) is 0 Å². The molecule has 0 spiro atoms. The van der Waals surface area contributed by atoms with Gasteiger partial charge in [0, 0.05) is 34.9 Å². The van der Waals surface area contributed by atoms with Crippen LogP contribution in [0.5, 0.6) is 0 Å². The van der Waals surface area contributed by atoms with E-state index in [1.165, 1.54) is 4.88 Å². The summed E-state index contributed by atoms with van der Waals surface area (Å²) in [4.78, 5) is 17.5. The minimum atomic E-state index is 0. The number of hydrogen-bond donors (Lipinski definition) is 1. The summed E-state index contributed by atoms with van der Waals surface area (Å²) >= 11 is 5.12. The molecule has 0 bridgehead atoms. The normalized spacial score (nSPS) is 16.3. The van der Waals surface area contributed by atoms with Gasteiger partial charge in [-0.15, -0.1) is 23.7 Å². The van der Waals surface area contributed by atoms with Crippen molar-refractivity contribution in [1.29, 1.82) is 0 Å². The molecule has 1 aromatic rings. The molecule has 20 heavy (non-hydrogen) atoms. The van der Waals surface area contributed by atoms with Crippen LogP contribution in [0.3, 0.4) is 0 Å². The maximum absolute atomic E-state index is 12.2. The molecule has 2 heterocycles. The van der Waals surface area contributed by atoms with Crippen molar-refractivity contribution in [3.63, 3.8) is 0 Å². The van der Waals surface area contributed by atoms with Gasteiger partial charge in [-0.3, -0.25) is 9.69 Å². The van der Waals surface area contributed by atoms with Crippen LogP contribution in [0.4, 0.5) is 0 Å². The van der Waals surface area contributed by atoms with Gasteiger partial charge in [0.05, 0.1) is 13.1 Å². The van der Waals surface area contributed by atoms with Gasteiger partial charge in [0.1, 0.15) is 0 Å². The lowest BCUT2D eigenvalue weighted by Gasteiger charge is -2.23. The molecule has 0 unspecified atom stereocenters. The number of thiophene rings is 1. The number of likely N-dealkylation sites (N-methyl/N-ethyl adjacent to an activating group) is 1. The highest BCUT2D eigenvalue weighted by Gasteiger charge is 2.16. The van der Waals surface area contributed by atoms with Gasteiger partial charge in [-0.1, -0.05) is 0 Å². The van der Waals surface area contributed by atoms with Gasteiger partial charge in [-0.25, -0.2) is 0 Å². The first-order valence-electron chi connectivity index (χ1n) is 6.55. The smallest absolute Gasteiger partial charge is 0.236 e. The molecule has 1 amide bonds. The van der Waals surface area contributed by atoms with Crippen molar-refractivity contribution in [3.8, 4) is 0 Å². The lowest BCUT2D eigenvalue weighted by molar-refractivity contribution is -0.131. The summed E-state index contributed by atoms with van der Waals surface area (Å²) in [6, 6.07) is 2.07. The zero-order chi connectivity index (χ0) is 13.7. The molecule has 1 fully saturated rings. The number of nitrogens with one attached hydrogen (secondary N) is 1. The predicted octanol–water partition coefficient (Wildman–Crippen LogP) is 2.19. The fraction of sp³-hybridized carbons (Fsp3) is 0.615. The van der Waals surface area contributed by atoms with Crippen molar-refractivity contribution in [2.75, 3.05) is 39.8 Å². The Bertz CT molecular complexity index is 422. The fourth-order valence-electron chi connectivity index (χ4n) is 2.13. The number of hydrogen-bond acceptors (Lipinski definition) is 4. The Morgan fingerprint density at radius 2 is 2.30 bits per heavy atom. The number of nitrogens with zero attached hydrogens (tertiary/aromatic N) is 2. The van der Waals surface area contributed by atoms with E-state index in [0.717, 1.165) is 37.1 Å². The van der Waals surface area contributed by atoms with Crippen LogP contribution in [0.25, 0.3) is 0 Å². The Labute approximate surface area is 139 Å². The van der Waals surface area contributed by atoms with E-state index in [9.17, 15) is 4.79 Å². The molecule has 4 nitrogen and oxygen atoms in total. The summed E-state index contributed by atoms with van der Waals surface area (Å²) in [5, 5.41) is 5.40. The molecule has 114 valence electrons. The molecule has 0 radical (unpaired) electrons. The van der Waals surface area contributed by atoms with Crippen molar-refractivity contribution in [3.05, 3.63) is 20.8 Å². The molecule has 1 aliphatic heterocycles. The largest absolute Gasteiger partial charge is 0.340 e. The molecule has 0 atom stereocenters. The molecule has 7 heteroatoms. The Kier molecular flexibility index (Phi) is 8.06.